The van der Waals surface area contributed by atoms with E-state index in [0.29, 0.717) is 0 Å². The van der Waals surface area contributed by atoms with Crippen molar-refractivity contribution in [3.8, 4) is 0 Å². The van der Waals surface area contributed by atoms with Gasteiger partial charge in [0.1, 0.15) is 0 Å². The fourth-order valence-corrected chi connectivity index (χ4v) is 1.93. The number of rotatable bonds is 8. The Bertz CT molecular complexity index is 230. The summed E-state index contributed by atoms with van der Waals surface area (Å²) in [6.45, 7) is 2.27. The van der Waals surface area contributed by atoms with Crippen molar-refractivity contribution in [3.63, 3.8) is 0 Å². The molecule has 0 bridgehead atoms. The van der Waals surface area contributed by atoms with Crippen LogP contribution in [0.4, 0.5) is 0 Å². The third-order valence-electron chi connectivity index (χ3n) is 2.91. The first-order valence-corrected chi connectivity index (χ1v) is 6.47. The minimum Gasteiger partial charge on any atom is -0.0845 e. The Morgan fingerprint density at radius 1 is 0.867 bits per heavy atom. The van der Waals surface area contributed by atoms with E-state index in [1.54, 1.807) is 0 Å². The van der Waals surface area contributed by atoms with E-state index in [0.717, 1.165) is 0 Å². The van der Waals surface area contributed by atoms with Crippen molar-refractivity contribution in [2.24, 2.45) is 0 Å². The van der Waals surface area contributed by atoms with Crippen LogP contribution in [0.15, 0.2) is 30.3 Å². The molecule has 0 amide bonds. The zero-order valence-electron chi connectivity index (χ0n) is 10.0. The van der Waals surface area contributed by atoms with Gasteiger partial charge in [0, 0.05) is 0 Å². The minimum absolute atomic E-state index is 1.26. The van der Waals surface area contributed by atoms with Crippen molar-refractivity contribution in [2.45, 2.75) is 51.8 Å². The van der Waals surface area contributed by atoms with Gasteiger partial charge >= 0.3 is 0 Å². The van der Waals surface area contributed by atoms with Crippen molar-refractivity contribution >= 4 is 12.7 Å². The van der Waals surface area contributed by atoms with Crippen LogP contribution in [0, 0.1) is 0 Å². The van der Waals surface area contributed by atoms with Gasteiger partial charge in [-0.3, -0.25) is 0 Å². The molecular formula is C14H23B. The average molecular weight is 202 g/mol. The molecule has 1 aromatic carbocycles. The zero-order chi connectivity index (χ0) is 10.8. The first kappa shape index (κ1) is 12.4. The van der Waals surface area contributed by atoms with Crippen LogP contribution in [0.3, 0.4) is 0 Å². The van der Waals surface area contributed by atoms with Gasteiger partial charge in [-0.2, -0.15) is 0 Å². The Kier molecular flexibility index (Phi) is 7.07. The van der Waals surface area contributed by atoms with Crippen molar-refractivity contribution < 1.29 is 0 Å². The fraction of sp³-hybridized carbons (Fsp3) is 0.571. The van der Waals surface area contributed by atoms with E-state index < -0.39 is 0 Å². The van der Waals surface area contributed by atoms with Crippen LogP contribution >= 0.6 is 0 Å². The standard InChI is InChI=1S/C14H23B/c1-2-3-4-5-6-10-13-15-14-11-8-7-9-12-14/h7-9,11-12,15H,2-6,10,13H2,1H3. The highest BCUT2D eigenvalue weighted by Crippen LogP contribution is 2.06. The molecule has 1 aromatic rings. The largest absolute Gasteiger partial charge is 0.157 e. The Morgan fingerprint density at radius 3 is 2.27 bits per heavy atom. The van der Waals surface area contributed by atoms with Crippen LogP contribution in [-0.4, -0.2) is 7.28 Å². The maximum absolute atomic E-state index is 2.27. The lowest BCUT2D eigenvalue weighted by Gasteiger charge is -2.00. The second-order valence-corrected chi connectivity index (χ2v) is 4.36. The highest BCUT2D eigenvalue weighted by Gasteiger charge is 1.94. The monoisotopic (exact) mass is 202 g/mol. The van der Waals surface area contributed by atoms with Crippen LogP contribution in [0.1, 0.15) is 45.4 Å². The summed E-state index contributed by atoms with van der Waals surface area (Å²) < 4.78 is 0. The van der Waals surface area contributed by atoms with Gasteiger partial charge in [-0.25, -0.2) is 0 Å². The molecule has 0 aliphatic heterocycles. The zero-order valence-corrected chi connectivity index (χ0v) is 10.0. The Hall–Kier alpha value is -0.715. The molecule has 1 rings (SSSR count). The fourth-order valence-electron chi connectivity index (χ4n) is 1.93. The lowest BCUT2D eigenvalue weighted by Crippen LogP contribution is -2.12. The number of hydrogen-bond donors (Lipinski definition) is 0. The topological polar surface area (TPSA) is 0 Å². The Labute approximate surface area is 95.3 Å². The molecule has 0 radical (unpaired) electrons. The predicted molar refractivity (Wildman–Crippen MR) is 71.4 cm³/mol. The molecule has 1 heteroatoms. The summed E-state index contributed by atoms with van der Waals surface area (Å²) in [5.41, 5.74) is 1.49. The Balaban J connectivity index is 1.93. The van der Waals surface area contributed by atoms with Crippen LogP contribution in [0.2, 0.25) is 6.32 Å². The third-order valence-corrected chi connectivity index (χ3v) is 2.91. The van der Waals surface area contributed by atoms with E-state index in [-0.39, 0.29) is 0 Å². The maximum atomic E-state index is 2.27. The maximum Gasteiger partial charge on any atom is 0.157 e. The molecule has 0 aliphatic carbocycles. The van der Waals surface area contributed by atoms with Crippen LogP contribution in [-0.2, 0) is 0 Å². The highest BCUT2D eigenvalue weighted by atomic mass is 13.9. The Morgan fingerprint density at radius 2 is 1.53 bits per heavy atom. The predicted octanol–water partition coefficient (Wildman–Crippen LogP) is 3.53. The average Bonchev–Trinajstić information content (AvgIpc) is 2.29. The van der Waals surface area contributed by atoms with Gasteiger partial charge in [0.2, 0.25) is 0 Å². The van der Waals surface area contributed by atoms with Gasteiger partial charge in [-0.1, -0.05) is 87.6 Å². The number of hydrogen-bond acceptors (Lipinski definition) is 0. The van der Waals surface area contributed by atoms with E-state index in [1.165, 1.54) is 57.6 Å². The van der Waals surface area contributed by atoms with E-state index in [9.17, 15) is 0 Å². The molecule has 15 heavy (non-hydrogen) atoms. The molecule has 0 N–H and O–H groups in total. The number of unbranched alkanes of at least 4 members (excludes halogenated alkanes) is 5. The molecule has 0 fully saturated rings. The SMILES string of the molecule is CCCCCCCCBc1ccccc1. The van der Waals surface area contributed by atoms with Gasteiger partial charge in [0.25, 0.3) is 0 Å². The van der Waals surface area contributed by atoms with Gasteiger partial charge in [0.15, 0.2) is 7.28 Å². The van der Waals surface area contributed by atoms with Crippen molar-refractivity contribution in [1.29, 1.82) is 0 Å². The van der Waals surface area contributed by atoms with Crippen molar-refractivity contribution in [3.05, 3.63) is 30.3 Å². The van der Waals surface area contributed by atoms with Crippen LogP contribution < -0.4 is 5.46 Å². The molecule has 0 heterocycles. The highest BCUT2D eigenvalue weighted by molar-refractivity contribution is 6.53. The molecule has 0 saturated heterocycles. The van der Waals surface area contributed by atoms with Gasteiger partial charge < -0.3 is 0 Å². The lowest BCUT2D eigenvalue weighted by atomic mass is 9.66. The molecule has 0 aliphatic rings. The molecule has 0 atom stereocenters. The summed E-state index contributed by atoms with van der Waals surface area (Å²) in [5, 5.41) is 0. The second kappa shape index (κ2) is 8.58. The molecule has 82 valence electrons. The molecule has 0 spiro atoms. The third kappa shape index (κ3) is 6.38. The minimum atomic E-state index is 1.26. The van der Waals surface area contributed by atoms with Gasteiger partial charge in [-0.15, -0.1) is 0 Å². The summed E-state index contributed by atoms with van der Waals surface area (Å²) in [6.07, 6.45) is 9.81. The van der Waals surface area contributed by atoms with E-state index in [2.05, 4.69) is 37.3 Å². The molecular weight excluding hydrogens is 179 g/mol. The van der Waals surface area contributed by atoms with Gasteiger partial charge in [0.05, 0.1) is 0 Å². The van der Waals surface area contributed by atoms with Crippen molar-refractivity contribution in [1.82, 2.24) is 0 Å². The lowest BCUT2D eigenvalue weighted by molar-refractivity contribution is 0.624. The summed E-state index contributed by atoms with van der Waals surface area (Å²) in [4.78, 5) is 0. The van der Waals surface area contributed by atoms with Crippen LogP contribution in [0.5, 0.6) is 0 Å². The first-order chi connectivity index (χ1) is 7.43. The molecule has 0 saturated carbocycles. The molecule has 0 unspecified atom stereocenters. The second-order valence-electron chi connectivity index (χ2n) is 4.36. The quantitative estimate of drug-likeness (QED) is 0.447. The van der Waals surface area contributed by atoms with Gasteiger partial charge in [-0.05, 0) is 0 Å². The van der Waals surface area contributed by atoms with E-state index in [4.69, 9.17) is 0 Å². The molecule has 0 nitrogen and oxygen atoms in total. The summed E-state index contributed by atoms with van der Waals surface area (Å²) >= 11 is 0. The summed E-state index contributed by atoms with van der Waals surface area (Å²) in [6, 6.07) is 10.8. The van der Waals surface area contributed by atoms with Crippen molar-refractivity contribution in [2.75, 3.05) is 0 Å². The normalized spacial score (nSPS) is 10.2. The smallest absolute Gasteiger partial charge is 0.0845 e. The van der Waals surface area contributed by atoms with E-state index >= 15 is 0 Å². The summed E-state index contributed by atoms with van der Waals surface area (Å²) in [7, 11) is 1.26. The van der Waals surface area contributed by atoms with E-state index in [1.807, 2.05) is 0 Å². The number of benzene rings is 1. The first-order valence-electron chi connectivity index (χ1n) is 6.47. The molecule has 0 aromatic heterocycles. The summed E-state index contributed by atoms with van der Waals surface area (Å²) in [5.74, 6) is 0. The van der Waals surface area contributed by atoms with Crippen LogP contribution in [0.25, 0.3) is 0 Å².